The summed E-state index contributed by atoms with van der Waals surface area (Å²) in [4.78, 5) is 28.1. The summed E-state index contributed by atoms with van der Waals surface area (Å²) >= 11 is 7.79. The predicted molar refractivity (Wildman–Crippen MR) is 281 cm³/mol. The number of halogens is 1. The Morgan fingerprint density at radius 2 is 1.58 bits per heavy atom. The van der Waals surface area contributed by atoms with Crippen LogP contribution in [0.5, 0.6) is 11.5 Å². The smallest absolute Gasteiger partial charge is 0.195 e. The van der Waals surface area contributed by atoms with Gasteiger partial charge in [0.25, 0.3) is 0 Å². The van der Waals surface area contributed by atoms with Crippen LogP contribution in [0.3, 0.4) is 0 Å². The molecule has 366 valence electrons. The van der Waals surface area contributed by atoms with Crippen molar-refractivity contribution in [2.24, 2.45) is 17.1 Å². The minimum atomic E-state index is -0.489. The number of hydrogen-bond donors (Lipinski definition) is 6. The van der Waals surface area contributed by atoms with Crippen molar-refractivity contribution in [3.05, 3.63) is 88.1 Å². The second kappa shape index (κ2) is 25.1. The zero-order chi connectivity index (χ0) is 49.6. The number of ketones is 1. The molecule has 0 atom stereocenters. The van der Waals surface area contributed by atoms with Gasteiger partial charge in [0.15, 0.2) is 17.4 Å². The molecule has 3 aromatic carbocycles. The van der Waals surface area contributed by atoms with Crippen molar-refractivity contribution in [1.82, 2.24) is 14.9 Å². The van der Waals surface area contributed by atoms with Crippen LogP contribution in [-0.4, -0.2) is 74.3 Å². The van der Waals surface area contributed by atoms with Crippen molar-refractivity contribution in [3.8, 4) is 11.5 Å². The van der Waals surface area contributed by atoms with E-state index in [1.807, 2.05) is 63.2 Å². The Morgan fingerprint density at radius 1 is 0.955 bits per heavy atom. The van der Waals surface area contributed by atoms with Crippen LogP contribution in [-0.2, 0) is 11.3 Å². The number of amidine groups is 2. The fourth-order valence-corrected chi connectivity index (χ4v) is 9.19. The maximum Gasteiger partial charge on any atom is 0.195 e. The third-order valence-corrected chi connectivity index (χ3v) is 15.0. The number of hydrogen-bond acceptors (Lipinski definition) is 12. The van der Waals surface area contributed by atoms with E-state index in [4.69, 9.17) is 33.9 Å². The lowest BCUT2D eigenvalue weighted by molar-refractivity contribution is -0.111. The van der Waals surface area contributed by atoms with Gasteiger partial charge in [-0.25, -0.2) is 9.97 Å². The van der Waals surface area contributed by atoms with Gasteiger partial charge in [-0.1, -0.05) is 122 Å². The summed E-state index contributed by atoms with van der Waals surface area (Å²) in [6.07, 6.45) is 12.5. The zero-order valence-corrected chi connectivity index (χ0v) is 43.4. The summed E-state index contributed by atoms with van der Waals surface area (Å²) in [6.45, 7) is 25.2. The molecule has 12 nitrogen and oxygen atoms in total. The molecule has 0 amide bonds. The van der Waals surface area contributed by atoms with E-state index >= 15 is 0 Å². The van der Waals surface area contributed by atoms with Crippen LogP contribution in [0, 0.1) is 29.1 Å². The third-order valence-electron chi connectivity index (χ3n) is 13.3. The molecule has 1 aromatic heterocycles. The minimum absolute atomic E-state index is 0.0361. The Kier molecular flexibility index (Phi) is 20.5. The van der Waals surface area contributed by atoms with Crippen molar-refractivity contribution >= 4 is 58.1 Å². The molecule has 6 rings (SSSR count). The first-order valence-corrected chi connectivity index (χ1v) is 25.3. The Balaban J connectivity index is 0.000000287. The topological polar surface area (TPSA) is 193 Å². The van der Waals surface area contributed by atoms with Crippen molar-refractivity contribution in [2.45, 2.75) is 155 Å². The molecule has 2 fully saturated rings. The molecule has 0 spiro atoms. The van der Waals surface area contributed by atoms with Crippen LogP contribution < -0.4 is 21.3 Å². The van der Waals surface area contributed by atoms with Gasteiger partial charge in [-0.2, -0.15) is 0 Å². The first kappa shape index (κ1) is 54.9. The maximum atomic E-state index is 12.2. The molecule has 2 aliphatic heterocycles. The molecule has 67 heavy (non-hydrogen) atoms. The summed E-state index contributed by atoms with van der Waals surface area (Å²) in [7, 11) is 0. The number of rotatable bonds is 14. The van der Waals surface area contributed by atoms with Crippen molar-refractivity contribution in [3.63, 3.8) is 0 Å². The molecular formula is C53H78ClN9O3S. The Labute approximate surface area is 410 Å². The van der Waals surface area contributed by atoms with Crippen molar-refractivity contribution < 1.29 is 15.0 Å². The Morgan fingerprint density at radius 3 is 2.12 bits per heavy atom. The average molecular weight is 957 g/mol. The monoisotopic (exact) mass is 956 g/mol. The van der Waals surface area contributed by atoms with Gasteiger partial charge in [0, 0.05) is 48.7 Å². The lowest BCUT2D eigenvalue weighted by Crippen LogP contribution is -2.48. The zero-order valence-electron chi connectivity index (χ0n) is 41.8. The van der Waals surface area contributed by atoms with Crippen LogP contribution in [0.4, 0.5) is 17.3 Å². The first-order chi connectivity index (χ1) is 31.6. The number of aromatic nitrogens is 2. The number of Topliss-reactive ketones (excluding diaryl/α,β-unsaturated/α-hetero) is 1. The van der Waals surface area contributed by atoms with E-state index in [0.29, 0.717) is 27.5 Å². The minimum Gasteiger partial charge on any atom is -0.508 e. The van der Waals surface area contributed by atoms with Crippen LogP contribution in [0.2, 0.25) is 5.02 Å². The van der Waals surface area contributed by atoms with Crippen molar-refractivity contribution in [2.75, 3.05) is 41.7 Å². The Hall–Kier alpha value is -4.69. The number of aromatic hydroxyl groups is 2. The van der Waals surface area contributed by atoms with Crippen molar-refractivity contribution in [1.29, 1.82) is 10.8 Å². The average Bonchev–Trinajstić information content (AvgIpc) is 3.29. The highest BCUT2D eigenvalue weighted by atomic mass is 35.5. The van der Waals surface area contributed by atoms with E-state index in [9.17, 15) is 15.0 Å². The van der Waals surface area contributed by atoms with E-state index in [1.54, 1.807) is 12.3 Å². The largest absolute Gasteiger partial charge is 0.508 e. The van der Waals surface area contributed by atoms with Gasteiger partial charge < -0.3 is 26.6 Å². The van der Waals surface area contributed by atoms with Crippen LogP contribution in [0.15, 0.2) is 70.7 Å². The first-order valence-electron chi connectivity index (χ1n) is 24.1. The number of aryl methyl sites for hydroxylation is 1. The van der Waals surface area contributed by atoms with Crippen LogP contribution in [0.25, 0.3) is 0 Å². The summed E-state index contributed by atoms with van der Waals surface area (Å²) < 4.78 is 0. The molecule has 14 heteroatoms. The van der Waals surface area contributed by atoms with Gasteiger partial charge in [-0.05, 0) is 117 Å². The van der Waals surface area contributed by atoms with E-state index in [0.717, 1.165) is 78.3 Å². The number of likely N-dealkylation sites (tertiary alicyclic amines) is 1. The quantitative estimate of drug-likeness (QED) is 0.0520. The van der Waals surface area contributed by atoms with E-state index in [2.05, 4.69) is 61.3 Å². The number of anilines is 3. The van der Waals surface area contributed by atoms with Crippen LogP contribution >= 0.6 is 23.4 Å². The summed E-state index contributed by atoms with van der Waals surface area (Å²) in [5, 5.41) is 39.4. The van der Waals surface area contributed by atoms with Gasteiger partial charge in [0.05, 0.1) is 16.8 Å². The van der Waals surface area contributed by atoms with E-state index in [-0.39, 0.29) is 40.2 Å². The second-order valence-corrected chi connectivity index (χ2v) is 20.8. The Bertz CT molecular complexity index is 2270. The highest BCUT2D eigenvalue weighted by Gasteiger charge is 2.33. The van der Waals surface area contributed by atoms with E-state index in [1.165, 1.54) is 74.6 Å². The number of benzene rings is 3. The van der Waals surface area contributed by atoms with Gasteiger partial charge >= 0.3 is 0 Å². The molecule has 0 radical (unpaired) electrons. The molecule has 4 aromatic rings. The molecule has 2 aliphatic rings. The number of nitrogens with one attached hydrogen (secondary N) is 2. The predicted octanol–water partition coefficient (Wildman–Crippen LogP) is 12.3. The summed E-state index contributed by atoms with van der Waals surface area (Å²) in [5.41, 5.74) is 16.1. The van der Waals surface area contributed by atoms with Crippen LogP contribution in [0.1, 0.15) is 148 Å². The van der Waals surface area contributed by atoms with E-state index < -0.39 is 5.78 Å². The number of nitrogen functional groups attached to an aromatic ring is 1. The van der Waals surface area contributed by atoms with Gasteiger partial charge in [-0.15, -0.1) is 0 Å². The molecular weight excluding hydrogens is 878 g/mol. The lowest BCUT2D eigenvalue weighted by Gasteiger charge is -2.41. The van der Waals surface area contributed by atoms with Gasteiger partial charge in [0.1, 0.15) is 28.2 Å². The molecule has 3 heterocycles. The van der Waals surface area contributed by atoms with Gasteiger partial charge in [0.2, 0.25) is 0 Å². The summed E-state index contributed by atoms with van der Waals surface area (Å²) in [6, 6.07) is 16.3. The number of nitrogens with zero attached hydrogens (tertiary/aromatic N) is 5. The fourth-order valence-electron chi connectivity index (χ4n) is 8.08. The highest BCUT2D eigenvalue weighted by Crippen LogP contribution is 2.41. The number of nitrogens with two attached hydrogens (primary N) is 2. The number of carbonyl (C=O) groups is 1. The lowest BCUT2D eigenvalue weighted by atomic mass is 9.72. The molecule has 0 unspecified atom stereocenters. The maximum absolute atomic E-state index is 12.2. The molecule has 0 bridgehead atoms. The molecule has 2 saturated heterocycles. The number of piperidine rings is 2. The number of phenolic OH excluding ortho intramolecular Hbond substituents is 2. The molecule has 0 aliphatic carbocycles. The number of carbonyl (C=O) groups excluding carboxylic acids is 1. The molecule has 8 N–H and O–H groups in total. The second-order valence-electron chi connectivity index (χ2n) is 19.4. The third kappa shape index (κ3) is 15.4. The highest BCUT2D eigenvalue weighted by molar-refractivity contribution is 7.99. The summed E-state index contributed by atoms with van der Waals surface area (Å²) in [5.74, 6) is 0.710. The number of unbranched alkanes of at least 4 members (excludes halogenated alkanes) is 1. The molecule has 0 saturated carbocycles. The fraction of sp³-hybridized carbons (Fsp3) is 0.528. The standard InChI is InChI=1S/C31H44N4O3.C17H22ClN5S.C5H12/c1-6-8-13-31(7-2)14-16-34(17-15-31)20-23-9-11-24(12-10-23)35(29(32)22(5)36)30(33)26-18-25(21(3)4)27(37)19-28(26)38;1-11-4-3-5-12(14(11)18)24-16-15(19)22-13(10-21-16)23-8-6-17(2,20)7-9-23;1-4-5(2)3/h9-12,18-19,21,32-33,37-38H,6-8,13-17,20H2,1-5H3;3-5,10H,6-9,20H2,1-2H3,(H2,19,22);5H,4H2,1-3H3. The SMILES string of the molecule is CCC(C)C.CCCCC1(CC)CCN(Cc2ccc(N(C(=N)C(C)=O)C(=N)c3cc(C(C)C)c(O)cc3O)cc2)CC1.Cc1cccc(Sc2ncc(N3CCC(C)(N)CC3)nc2N)c1Cl. The van der Waals surface area contributed by atoms with Gasteiger partial charge in [-0.3, -0.25) is 25.4 Å². The normalized spacial score (nSPS) is 15.6. The number of phenols is 2.